The number of ether oxygens (including phenoxy) is 1. The minimum Gasteiger partial charge on any atom is -0.495 e. The Bertz CT molecular complexity index is 732. The van der Waals surface area contributed by atoms with Gasteiger partial charge in [-0.05, 0) is 42.3 Å². The molecule has 0 saturated heterocycles. The molecule has 1 N–H and O–H groups in total. The monoisotopic (exact) mass is 341 g/mol. The minimum absolute atomic E-state index is 0.0715. The molecule has 25 heavy (non-hydrogen) atoms. The van der Waals surface area contributed by atoms with E-state index in [-0.39, 0.29) is 18.2 Å². The van der Waals surface area contributed by atoms with E-state index in [4.69, 9.17) is 4.74 Å². The van der Waals surface area contributed by atoms with Crippen molar-refractivity contribution >= 4 is 17.5 Å². The second-order valence-corrected chi connectivity index (χ2v) is 5.80. The third-order valence-corrected chi connectivity index (χ3v) is 3.81. The molecular weight excluding hydrogens is 318 g/mol. The number of aromatic nitrogens is 1. The Morgan fingerprint density at radius 2 is 1.92 bits per heavy atom. The summed E-state index contributed by atoms with van der Waals surface area (Å²) in [4.78, 5) is 29.7. The fourth-order valence-corrected chi connectivity index (χ4v) is 2.43. The van der Waals surface area contributed by atoms with Crippen LogP contribution < -0.4 is 10.1 Å². The molecule has 0 unspecified atom stereocenters. The number of methoxy groups -OCH3 is 1. The van der Waals surface area contributed by atoms with Crippen LogP contribution in [0.15, 0.2) is 42.7 Å². The topological polar surface area (TPSA) is 71.5 Å². The second kappa shape index (κ2) is 8.82. The smallest absolute Gasteiger partial charge is 0.226 e. The molecule has 0 bridgehead atoms. The first kappa shape index (κ1) is 18.4. The number of amides is 2. The molecule has 0 saturated carbocycles. The summed E-state index contributed by atoms with van der Waals surface area (Å²) in [6, 6.07) is 9.30. The maximum absolute atomic E-state index is 12.3. The lowest BCUT2D eigenvalue weighted by atomic mass is 10.2. The number of carbonyl (C=O) groups excluding carboxylic acids is 2. The van der Waals surface area contributed by atoms with Crippen molar-refractivity contribution in [2.24, 2.45) is 0 Å². The summed E-state index contributed by atoms with van der Waals surface area (Å²) in [7, 11) is 1.56. The number of rotatable bonds is 7. The standard InChI is InChI=1S/C19H23N3O3/c1-14-4-5-18(25-3)17(12-14)21-19(24)8-11-22(15(2)23)13-16-6-9-20-10-7-16/h4-7,9-10,12H,8,11,13H2,1-3H3,(H,21,24). The van der Waals surface area contributed by atoms with Crippen molar-refractivity contribution in [1.29, 1.82) is 0 Å². The van der Waals surface area contributed by atoms with Crippen molar-refractivity contribution in [1.82, 2.24) is 9.88 Å². The van der Waals surface area contributed by atoms with Crippen LogP contribution in [-0.2, 0) is 16.1 Å². The van der Waals surface area contributed by atoms with E-state index in [2.05, 4.69) is 10.3 Å². The minimum atomic E-state index is -0.162. The predicted octanol–water partition coefficient (Wildman–Crippen LogP) is 2.78. The zero-order valence-corrected chi connectivity index (χ0v) is 14.8. The summed E-state index contributed by atoms with van der Waals surface area (Å²) in [6.45, 7) is 4.25. The summed E-state index contributed by atoms with van der Waals surface area (Å²) in [6.07, 6.45) is 3.58. The molecule has 6 heteroatoms. The number of nitrogens with one attached hydrogen (secondary N) is 1. The first-order valence-corrected chi connectivity index (χ1v) is 8.08. The average Bonchev–Trinajstić information content (AvgIpc) is 2.59. The Morgan fingerprint density at radius 3 is 2.56 bits per heavy atom. The predicted molar refractivity (Wildman–Crippen MR) is 96.3 cm³/mol. The van der Waals surface area contributed by atoms with Crippen molar-refractivity contribution in [3.63, 3.8) is 0 Å². The van der Waals surface area contributed by atoms with Gasteiger partial charge in [-0.1, -0.05) is 6.07 Å². The van der Waals surface area contributed by atoms with Crippen LogP contribution in [0, 0.1) is 6.92 Å². The third kappa shape index (κ3) is 5.60. The van der Waals surface area contributed by atoms with E-state index in [1.54, 1.807) is 24.4 Å². The molecule has 0 spiro atoms. The molecule has 132 valence electrons. The Labute approximate surface area is 147 Å². The van der Waals surface area contributed by atoms with E-state index in [1.165, 1.54) is 6.92 Å². The van der Waals surface area contributed by atoms with Gasteiger partial charge in [-0.15, -0.1) is 0 Å². The zero-order chi connectivity index (χ0) is 18.2. The van der Waals surface area contributed by atoms with Gasteiger partial charge in [-0.3, -0.25) is 14.6 Å². The molecule has 6 nitrogen and oxygen atoms in total. The third-order valence-electron chi connectivity index (χ3n) is 3.81. The average molecular weight is 341 g/mol. The van der Waals surface area contributed by atoms with Crippen LogP contribution in [0.25, 0.3) is 0 Å². The van der Waals surface area contributed by atoms with E-state index in [0.29, 0.717) is 24.5 Å². The molecule has 0 radical (unpaired) electrons. The molecule has 1 aromatic heterocycles. The van der Waals surface area contributed by atoms with E-state index in [1.807, 2.05) is 37.3 Å². The lowest BCUT2D eigenvalue weighted by Gasteiger charge is -2.21. The van der Waals surface area contributed by atoms with Crippen LogP contribution in [0.5, 0.6) is 5.75 Å². The molecule has 2 aromatic rings. The number of nitrogens with zero attached hydrogens (tertiary/aromatic N) is 2. The summed E-state index contributed by atoms with van der Waals surface area (Å²) >= 11 is 0. The fraction of sp³-hybridized carbons (Fsp3) is 0.316. The molecule has 0 atom stereocenters. The number of carbonyl (C=O) groups is 2. The number of benzene rings is 1. The number of anilines is 1. The van der Waals surface area contributed by atoms with E-state index in [0.717, 1.165) is 11.1 Å². The van der Waals surface area contributed by atoms with Crippen LogP contribution in [0.4, 0.5) is 5.69 Å². The van der Waals surface area contributed by atoms with Gasteiger partial charge in [-0.25, -0.2) is 0 Å². The Morgan fingerprint density at radius 1 is 1.20 bits per heavy atom. The number of hydrogen-bond donors (Lipinski definition) is 1. The summed E-state index contributed by atoms with van der Waals surface area (Å²) < 4.78 is 5.26. The maximum atomic E-state index is 12.3. The molecular formula is C19H23N3O3. The first-order chi connectivity index (χ1) is 12.0. The quantitative estimate of drug-likeness (QED) is 0.840. The fourth-order valence-electron chi connectivity index (χ4n) is 2.43. The number of aryl methyl sites for hydroxylation is 1. The van der Waals surface area contributed by atoms with Crippen molar-refractivity contribution in [3.05, 3.63) is 53.9 Å². The lowest BCUT2D eigenvalue weighted by molar-refractivity contribution is -0.129. The number of pyridine rings is 1. The molecule has 0 aliphatic rings. The van der Waals surface area contributed by atoms with Crippen LogP contribution in [0.3, 0.4) is 0 Å². The SMILES string of the molecule is COc1ccc(C)cc1NC(=O)CCN(Cc1ccncc1)C(C)=O. The van der Waals surface area contributed by atoms with Gasteiger partial charge < -0.3 is 15.0 Å². The summed E-state index contributed by atoms with van der Waals surface area (Å²) in [5.74, 6) is 0.377. The van der Waals surface area contributed by atoms with E-state index >= 15 is 0 Å². The molecule has 0 fully saturated rings. The Kier molecular flexibility index (Phi) is 6.51. The van der Waals surface area contributed by atoms with Gasteiger partial charge in [0, 0.05) is 38.8 Å². The van der Waals surface area contributed by atoms with Crippen molar-refractivity contribution in [3.8, 4) is 5.75 Å². The van der Waals surface area contributed by atoms with Crippen molar-refractivity contribution in [2.45, 2.75) is 26.8 Å². The second-order valence-electron chi connectivity index (χ2n) is 5.80. The first-order valence-electron chi connectivity index (χ1n) is 8.08. The normalized spacial score (nSPS) is 10.2. The Hall–Kier alpha value is -2.89. The summed E-state index contributed by atoms with van der Waals surface area (Å²) in [5.41, 5.74) is 2.64. The highest BCUT2D eigenvalue weighted by molar-refractivity contribution is 5.92. The lowest BCUT2D eigenvalue weighted by Crippen LogP contribution is -2.31. The Balaban J connectivity index is 1.95. The largest absolute Gasteiger partial charge is 0.495 e. The van der Waals surface area contributed by atoms with Gasteiger partial charge in [0.15, 0.2) is 0 Å². The van der Waals surface area contributed by atoms with Gasteiger partial charge in [-0.2, -0.15) is 0 Å². The molecule has 1 heterocycles. The van der Waals surface area contributed by atoms with Crippen LogP contribution in [0.2, 0.25) is 0 Å². The van der Waals surface area contributed by atoms with Gasteiger partial charge in [0.2, 0.25) is 11.8 Å². The molecule has 0 aliphatic carbocycles. The molecule has 2 amide bonds. The van der Waals surface area contributed by atoms with Gasteiger partial charge in [0.1, 0.15) is 5.75 Å². The molecule has 0 aliphatic heterocycles. The van der Waals surface area contributed by atoms with Gasteiger partial charge in [0.25, 0.3) is 0 Å². The number of hydrogen-bond acceptors (Lipinski definition) is 4. The van der Waals surface area contributed by atoms with Gasteiger partial charge >= 0.3 is 0 Å². The highest BCUT2D eigenvalue weighted by atomic mass is 16.5. The van der Waals surface area contributed by atoms with Crippen molar-refractivity contribution < 1.29 is 14.3 Å². The summed E-state index contributed by atoms with van der Waals surface area (Å²) in [5, 5.41) is 2.85. The van der Waals surface area contributed by atoms with Gasteiger partial charge in [0.05, 0.1) is 12.8 Å². The van der Waals surface area contributed by atoms with Crippen LogP contribution in [0.1, 0.15) is 24.5 Å². The van der Waals surface area contributed by atoms with Crippen molar-refractivity contribution in [2.75, 3.05) is 19.0 Å². The zero-order valence-electron chi connectivity index (χ0n) is 14.8. The molecule has 2 rings (SSSR count). The van der Waals surface area contributed by atoms with E-state index in [9.17, 15) is 9.59 Å². The molecule has 1 aromatic carbocycles. The van der Waals surface area contributed by atoms with Crippen LogP contribution >= 0.6 is 0 Å². The van der Waals surface area contributed by atoms with Crippen LogP contribution in [-0.4, -0.2) is 35.4 Å². The highest BCUT2D eigenvalue weighted by Crippen LogP contribution is 2.25. The van der Waals surface area contributed by atoms with E-state index < -0.39 is 0 Å². The maximum Gasteiger partial charge on any atom is 0.226 e. The highest BCUT2D eigenvalue weighted by Gasteiger charge is 2.13.